The van der Waals surface area contributed by atoms with Crippen LogP contribution in [0.4, 0.5) is 5.69 Å². The molecule has 1 aromatic rings. The quantitative estimate of drug-likeness (QED) is 0.861. The highest BCUT2D eigenvalue weighted by atomic mass is 16.5. The molecule has 5 nitrogen and oxygen atoms in total. The van der Waals surface area contributed by atoms with Gasteiger partial charge in [0.05, 0.1) is 18.2 Å². The molecule has 5 fully saturated rings. The SMILES string of the molecule is COc1ccccc1NC(=O)C1CCCN1C(=O)C12CC3CC(CC(C3)C1)C2. The lowest BCUT2D eigenvalue weighted by Gasteiger charge is -2.56. The van der Waals surface area contributed by atoms with Gasteiger partial charge < -0.3 is 15.0 Å². The van der Waals surface area contributed by atoms with Crippen LogP contribution in [-0.4, -0.2) is 36.4 Å². The Morgan fingerprint density at radius 3 is 2.36 bits per heavy atom. The molecule has 1 unspecified atom stereocenters. The van der Waals surface area contributed by atoms with Crippen molar-refractivity contribution in [3.05, 3.63) is 24.3 Å². The van der Waals surface area contributed by atoms with Crippen molar-refractivity contribution < 1.29 is 14.3 Å². The second kappa shape index (κ2) is 6.78. The molecule has 28 heavy (non-hydrogen) atoms. The van der Waals surface area contributed by atoms with Gasteiger partial charge in [0.25, 0.3) is 0 Å². The third kappa shape index (κ3) is 2.90. The molecule has 1 heterocycles. The summed E-state index contributed by atoms with van der Waals surface area (Å²) in [5.74, 6) is 3.04. The molecule has 4 saturated carbocycles. The normalized spacial score (nSPS) is 35.8. The van der Waals surface area contributed by atoms with Crippen molar-refractivity contribution in [1.29, 1.82) is 0 Å². The van der Waals surface area contributed by atoms with E-state index < -0.39 is 0 Å². The minimum Gasteiger partial charge on any atom is -0.495 e. The van der Waals surface area contributed by atoms with Crippen molar-refractivity contribution >= 4 is 17.5 Å². The number of likely N-dealkylation sites (tertiary alicyclic amines) is 1. The van der Waals surface area contributed by atoms with Crippen molar-refractivity contribution in [1.82, 2.24) is 4.90 Å². The smallest absolute Gasteiger partial charge is 0.247 e. The Balaban J connectivity index is 1.34. The lowest BCUT2D eigenvalue weighted by Crippen LogP contribution is -2.56. The summed E-state index contributed by atoms with van der Waals surface area (Å²) in [5, 5.41) is 3.00. The number of anilines is 1. The first-order valence-corrected chi connectivity index (χ1v) is 10.8. The maximum Gasteiger partial charge on any atom is 0.247 e. The van der Waals surface area contributed by atoms with Crippen LogP contribution in [-0.2, 0) is 9.59 Å². The van der Waals surface area contributed by atoms with E-state index in [0.29, 0.717) is 18.0 Å². The molecule has 1 saturated heterocycles. The lowest BCUT2D eigenvalue weighted by atomic mass is 9.49. The maximum atomic E-state index is 13.7. The van der Waals surface area contributed by atoms with E-state index in [4.69, 9.17) is 4.74 Å². The standard InChI is InChI=1S/C23H30N2O3/c1-28-20-7-3-2-5-18(20)24-21(26)19-6-4-8-25(19)22(27)23-12-15-9-16(13-23)11-17(10-15)14-23/h2-3,5,7,15-17,19H,4,6,8-14H2,1H3,(H,24,26). The third-order valence-corrected chi connectivity index (χ3v) is 7.67. The van der Waals surface area contributed by atoms with Crippen LogP contribution in [0.1, 0.15) is 51.4 Å². The minimum absolute atomic E-state index is 0.0833. The summed E-state index contributed by atoms with van der Waals surface area (Å²) in [4.78, 5) is 28.7. The average Bonchev–Trinajstić information content (AvgIpc) is 3.16. The van der Waals surface area contributed by atoms with E-state index in [1.807, 2.05) is 29.2 Å². The first-order valence-electron chi connectivity index (χ1n) is 10.8. The number of nitrogens with zero attached hydrogens (tertiary/aromatic N) is 1. The molecule has 1 atom stereocenters. The molecule has 4 aliphatic carbocycles. The largest absolute Gasteiger partial charge is 0.495 e. The molecule has 1 aromatic carbocycles. The van der Waals surface area contributed by atoms with E-state index in [2.05, 4.69) is 5.32 Å². The van der Waals surface area contributed by atoms with Gasteiger partial charge in [0, 0.05) is 6.54 Å². The Kier molecular flexibility index (Phi) is 4.37. The second-order valence-electron chi connectivity index (χ2n) is 9.54. The number of carbonyl (C=O) groups is 2. The Morgan fingerprint density at radius 2 is 1.71 bits per heavy atom. The van der Waals surface area contributed by atoms with Gasteiger partial charge in [-0.3, -0.25) is 9.59 Å². The van der Waals surface area contributed by atoms with E-state index >= 15 is 0 Å². The Bertz CT molecular complexity index is 755. The fourth-order valence-electron chi connectivity index (χ4n) is 6.92. The maximum absolute atomic E-state index is 13.7. The van der Waals surface area contributed by atoms with Crippen LogP contribution >= 0.6 is 0 Å². The summed E-state index contributed by atoms with van der Waals surface area (Å²) in [5.41, 5.74) is 0.492. The molecule has 1 aliphatic heterocycles. The summed E-state index contributed by atoms with van der Waals surface area (Å²) >= 11 is 0. The average molecular weight is 383 g/mol. The van der Waals surface area contributed by atoms with E-state index in [1.165, 1.54) is 19.3 Å². The van der Waals surface area contributed by atoms with Crippen molar-refractivity contribution in [2.75, 3.05) is 19.0 Å². The number of methoxy groups -OCH3 is 1. The summed E-state index contributed by atoms with van der Waals surface area (Å²) < 4.78 is 5.35. The number of carbonyl (C=O) groups excluding carboxylic acids is 2. The van der Waals surface area contributed by atoms with Crippen LogP contribution < -0.4 is 10.1 Å². The van der Waals surface area contributed by atoms with Crippen LogP contribution in [0.15, 0.2) is 24.3 Å². The van der Waals surface area contributed by atoms with E-state index in [1.54, 1.807) is 7.11 Å². The first-order chi connectivity index (χ1) is 13.6. The Hall–Kier alpha value is -2.04. The van der Waals surface area contributed by atoms with Gasteiger partial charge in [-0.2, -0.15) is 0 Å². The molecule has 4 bridgehead atoms. The number of hydrogen-bond donors (Lipinski definition) is 1. The predicted octanol–water partition coefficient (Wildman–Crippen LogP) is 3.84. The number of para-hydroxylation sites is 2. The Labute approximate surface area is 166 Å². The third-order valence-electron chi connectivity index (χ3n) is 7.67. The molecular weight excluding hydrogens is 352 g/mol. The van der Waals surface area contributed by atoms with Crippen LogP contribution in [0.5, 0.6) is 5.75 Å². The zero-order valence-electron chi connectivity index (χ0n) is 16.7. The minimum atomic E-state index is -0.356. The number of amides is 2. The van der Waals surface area contributed by atoms with Gasteiger partial charge in [0.1, 0.15) is 11.8 Å². The molecule has 0 aromatic heterocycles. The molecule has 150 valence electrons. The van der Waals surface area contributed by atoms with Crippen LogP contribution in [0.2, 0.25) is 0 Å². The van der Waals surface area contributed by atoms with Crippen molar-refractivity contribution in [3.8, 4) is 5.75 Å². The van der Waals surface area contributed by atoms with E-state index in [9.17, 15) is 9.59 Å². The van der Waals surface area contributed by atoms with Crippen molar-refractivity contribution in [2.24, 2.45) is 23.2 Å². The van der Waals surface area contributed by atoms with Crippen molar-refractivity contribution in [3.63, 3.8) is 0 Å². The fraction of sp³-hybridized carbons (Fsp3) is 0.652. The van der Waals surface area contributed by atoms with Crippen LogP contribution in [0, 0.1) is 23.2 Å². The zero-order chi connectivity index (χ0) is 19.3. The van der Waals surface area contributed by atoms with Gasteiger partial charge in [-0.25, -0.2) is 0 Å². The molecule has 2 amide bonds. The number of benzene rings is 1. The molecule has 0 spiro atoms. The first kappa shape index (κ1) is 18.0. The summed E-state index contributed by atoms with van der Waals surface area (Å²) in [6, 6.07) is 7.09. The summed E-state index contributed by atoms with van der Waals surface area (Å²) in [6.45, 7) is 0.713. The van der Waals surface area contributed by atoms with Crippen molar-refractivity contribution in [2.45, 2.75) is 57.4 Å². The topological polar surface area (TPSA) is 58.6 Å². The molecule has 5 aliphatic rings. The zero-order valence-corrected chi connectivity index (χ0v) is 16.7. The van der Waals surface area contributed by atoms with Crippen LogP contribution in [0.3, 0.4) is 0 Å². The molecule has 5 heteroatoms. The fourth-order valence-corrected chi connectivity index (χ4v) is 6.92. The van der Waals surface area contributed by atoms with Gasteiger partial charge >= 0.3 is 0 Å². The van der Waals surface area contributed by atoms with Gasteiger partial charge in [-0.1, -0.05) is 12.1 Å². The van der Waals surface area contributed by atoms with Gasteiger partial charge in [-0.05, 0) is 81.3 Å². The monoisotopic (exact) mass is 382 g/mol. The van der Waals surface area contributed by atoms with Gasteiger partial charge in [-0.15, -0.1) is 0 Å². The number of ether oxygens (including phenoxy) is 1. The molecular formula is C23H30N2O3. The predicted molar refractivity (Wildman–Crippen MR) is 107 cm³/mol. The number of rotatable bonds is 4. The summed E-state index contributed by atoms with van der Waals surface area (Å²) in [6.07, 6.45) is 8.78. The second-order valence-corrected chi connectivity index (χ2v) is 9.54. The number of hydrogen-bond acceptors (Lipinski definition) is 3. The van der Waals surface area contributed by atoms with Gasteiger partial charge in [0.15, 0.2) is 0 Å². The molecule has 0 radical (unpaired) electrons. The summed E-state index contributed by atoms with van der Waals surface area (Å²) in [7, 11) is 1.60. The highest BCUT2D eigenvalue weighted by molar-refractivity contribution is 5.99. The lowest BCUT2D eigenvalue weighted by molar-refractivity contribution is -0.160. The Morgan fingerprint density at radius 1 is 1.07 bits per heavy atom. The molecule has 1 N–H and O–H groups in total. The highest BCUT2D eigenvalue weighted by Crippen LogP contribution is 2.60. The molecule has 6 rings (SSSR count). The van der Waals surface area contributed by atoms with Gasteiger partial charge in [0.2, 0.25) is 11.8 Å². The van der Waals surface area contributed by atoms with E-state index in [-0.39, 0.29) is 23.3 Å². The highest BCUT2D eigenvalue weighted by Gasteiger charge is 2.56. The van der Waals surface area contributed by atoms with Crippen LogP contribution in [0.25, 0.3) is 0 Å². The van der Waals surface area contributed by atoms with E-state index in [0.717, 1.165) is 49.9 Å². The number of nitrogens with one attached hydrogen (secondary N) is 1.